The van der Waals surface area contributed by atoms with Gasteiger partial charge < -0.3 is 19.4 Å². The summed E-state index contributed by atoms with van der Waals surface area (Å²) in [4.78, 5) is 7.50. The van der Waals surface area contributed by atoms with Crippen molar-refractivity contribution >= 4 is 97.4 Å². The first-order chi connectivity index (χ1) is 26.9. The third-order valence-electron chi connectivity index (χ3n) is 11.6. The molecule has 0 spiro atoms. The van der Waals surface area contributed by atoms with Crippen molar-refractivity contribution in [3.8, 4) is 11.5 Å². The molecular formula is C48H31B2N3O. The Morgan fingerprint density at radius 2 is 0.667 bits per heavy atom. The smallest absolute Gasteiger partial charge is 0.256 e. The van der Waals surface area contributed by atoms with Crippen LogP contribution >= 0.6 is 0 Å². The van der Waals surface area contributed by atoms with Crippen molar-refractivity contribution in [1.82, 2.24) is 0 Å². The molecule has 250 valence electrons. The molecule has 54 heavy (non-hydrogen) atoms. The summed E-state index contributed by atoms with van der Waals surface area (Å²) >= 11 is 0. The summed E-state index contributed by atoms with van der Waals surface area (Å²) in [5.41, 5.74) is 17.7. The molecule has 4 aliphatic rings. The predicted molar refractivity (Wildman–Crippen MR) is 226 cm³/mol. The molecule has 8 aromatic carbocycles. The third kappa shape index (κ3) is 3.94. The molecule has 4 nitrogen and oxygen atoms in total. The number of rotatable bonds is 3. The molecule has 0 N–H and O–H groups in total. The second kappa shape index (κ2) is 11.3. The maximum absolute atomic E-state index is 7.40. The summed E-state index contributed by atoms with van der Waals surface area (Å²) < 4.78 is 7.40. The fourth-order valence-corrected chi connectivity index (χ4v) is 9.63. The number of para-hydroxylation sites is 7. The van der Waals surface area contributed by atoms with Gasteiger partial charge in [0.15, 0.2) is 0 Å². The minimum absolute atomic E-state index is 0.0436. The van der Waals surface area contributed by atoms with Crippen molar-refractivity contribution in [3.63, 3.8) is 0 Å². The lowest BCUT2D eigenvalue weighted by atomic mass is 9.30. The van der Waals surface area contributed by atoms with Gasteiger partial charge >= 0.3 is 0 Å². The zero-order valence-corrected chi connectivity index (χ0v) is 29.3. The Balaban J connectivity index is 1.33. The van der Waals surface area contributed by atoms with Gasteiger partial charge in [-0.25, -0.2) is 0 Å². The van der Waals surface area contributed by atoms with Gasteiger partial charge in [-0.2, -0.15) is 0 Å². The van der Waals surface area contributed by atoms with Gasteiger partial charge in [0.1, 0.15) is 11.5 Å². The van der Waals surface area contributed by atoms with Gasteiger partial charge in [0.25, 0.3) is 13.4 Å². The van der Waals surface area contributed by atoms with Gasteiger partial charge in [-0.3, -0.25) is 0 Å². The average molecular weight is 687 g/mol. The standard InChI is InChI=1S/C48H31B2N3O/c1-4-18-32(19-5-1)51-39-28-14-10-24-35(39)49-36-25-11-16-30-41(36)53(34-22-8-3-9-23-34)47-43(49)45(51)46-44-48(47)54-42-31-17-13-27-38(42)50(44)37-26-12-15-29-40(37)52(46)33-20-6-2-7-21-33/h1-31H. The quantitative estimate of drug-likeness (QED) is 0.175. The highest BCUT2D eigenvalue weighted by molar-refractivity contribution is 7.03. The molecular weight excluding hydrogens is 656 g/mol. The molecule has 0 atom stereocenters. The molecule has 12 rings (SSSR count). The highest BCUT2D eigenvalue weighted by Crippen LogP contribution is 2.55. The molecule has 4 aliphatic heterocycles. The first-order valence-corrected chi connectivity index (χ1v) is 18.7. The van der Waals surface area contributed by atoms with Crippen molar-refractivity contribution < 1.29 is 4.74 Å². The summed E-state index contributed by atoms with van der Waals surface area (Å²) in [6, 6.07) is 68.2. The second-order valence-corrected chi connectivity index (χ2v) is 14.4. The summed E-state index contributed by atoms with van der Waals surface area (Å²) in [7, 11) is 0. The molecule has 0 saturated heterocycles. The van der Waals surface area contributed by atoms with Crippen molar-refractivity contribution in [1.29, 1.82) is 0 Å². The van der Waals surface area contributed by atoms with Crippen molar-refractivity contribution in [2.24, 2.45) is 0 Å². The van der Waals surface area contributed by atoms with Crippen LogP contribution in [0.1, 0.15) is 0 Å². The summed E-state index contributed by atoms with van der Waals surface area (Å²) in [6.07, 6.45) is 0. The molecule has 0 unspecified atom stereocenters. The van der Waals surface area contributed by atoms with E-state index in [4.69, 9.17) is 4.74 Å². The molecule has 4 heterocycles. The van der Waals surface area contributed by atoms with E-state index in [-0.39, 0.29) is 13.4 Å². The number of hydrogen-bond acceptors (Lipinski definition) is 4. The number of fused-ring (bicyclic) bond motifs is 10. The van der Waals surface area contributed by atoms with E-state index in [0.29, 0.717) is 0 Å². The highest BCUT2D eigenvalue weighted by Gasteiger charge is 2.52. The molecule has 0 fully saturated rings. The minimum Gasteiger partial charge on any atom is -0.456 e. The monoisotopic (exact) mass is 687 g/mol. The number of hydrogen-bond donors (Lipinski definition) is 0. The minimum atomic E-state index is -0.0549. The van der Waals surface area contributed by atoms with E-state index in [0.717, 1.165) is 39.9 Å². The van der Waals surface area contributed by atoms with Crippen molar-refractivity contribution in [2.75, 3.05) is 14.7 Å². The van der Waals surface area contributed by atoms with E-state index in [2.05, 4.69) is 203 Å². The Kier molecular flexibility index (Phi) is 6.20. The molecule has 0 radical (unpaired) electrons. The van der Waals surface area contributed by atoms with E-state index in [1.54, 1.807) is 0 Å². The molecule has 0 saturated carbocycles. The van der Waals surface area contributed by atoms with Crippen LogP contribution < -0.4 is 52.2 Å². The first kappa shape index (κ1) is 29.6. The van der Waals surface area contributed by atoms with Crippen molar-refractivity contribution in [3.05, 3.63) is 188 Å². The van der Waals surface area contributed by atoms with E-state index >= 15 is 0 Å². The van der Waals surface area contributed by atoms with Crippen LogP contribution in [0.25, 0.3) is 0 Å². The summed E-state index contributed by atoms with van der Waals surface area (Å²) in [6.45, 7) is -0.0985. The normalized spacial score (nSPS) is 13.9. The van der Waals surface area contributed by atoms with Crippen molar-refractivity contribution in [2.45, 2.75) is 0 Å². The Morgan fingerprint density at radius 3 is 1.15 bits per heavy atom. The third-order valence-corrected chi connectivity index (χ3v) is 11.6. The Labute approximate surface area is 315 Å². The zero-order valence-electron chi connectivity index (χ0n) is 29.3. The van der Waals surface area contributed by atoms with Crippen LogP contribution in [0.2, 0.25) is 0 Å². The van der Waals surface area contributed by atoms with E-state index in [1.165, 1.54) is 55.5 Å². The van der Waals surface area contributed by atoms with Crippen LogP contribution in [-0.2, 0) is 0 Å². The van der Waals surface area contributed by atoms with E-state index < -0.39 is 0 Å². The Bertz CT molecular complexity index is 2780. The van der Waals surface area contributed by atoms with Gasteiger partial charge in [-0.05, 0) is 88.0 Å². The van der Waals surface area contributed by atoms with Crippen LogP contribution in [0.3, 0.4) is 0 Å². The van der Waals surface area contributed by atoms with Crippen LogP contribution in [0, 0.1) is 0 Å². The first-order valence-electron chi connectivity index (χ1n) is 18.7. The lowest BCUT2D eigenvalue weighted by Gasteiger charge is -2.50. The van der Waals surface area contributed by atoms with Gasteiger partial charge in [0.05, 0.1) is 17.1 Å². The fraction of sp³-hybridized carbons (Fsp3) is 0. The van der Waals surface area contributed by atoms with Crippen LogP contribution in [-0.4, -0.2) is 13.4 Å². The van der Waals surface area contributed by atoms with Gasteiger partial charge in [0.2, 0.25) is 0 Å². The lowest BCUT2D eigenvalue weighted by molar-refractivity contribution is 0.489. The van der Waals surface area contributed by atoms with Gasteiger partial charge in [-0.15, -0.1) is 0 Å². The second-order valence-electron chi connectivity index (χ2n) is 14.4. The maximum atomic E-state index is 7.40. The zero-order chi connectivity index (χ0) is 35.3. The Morgan fingerprint density at radius 1 is 0.315 bits per heavy atom. The number of ether oxygens (including phenoxy) is 1. The molecule has 0 bridgehead atoms. The molecule has 0 amide bonds. The average Bonchev–Trinajstić information content (AvgIpc) is 3.25. The SMILES string of the molecule is c1ccc(N2c3ccccc3B3c4ccccc4N(c4ccccc4)c4c3c2c2c3c4N(c4ccccc4)c4ccccc4B3c3ccccc3O2)cc1. The van der Waals surface area contributed by atoms with E-state index in [9.17, 15) is 0 Å². The van der Waals surface area contributed by atoms with E-state index in [1.807, 2.05) is 0 Å². The topological polar surface area (TPSA) is 19.0 Å². The molecule has 0 aromatic heterocycles. The maximum Gasteiger partial charge on any atom is 0.256 e. The van der Waals surface area contributed by atoms with Crippen LogP contribution in [0.5, 0.6) is 11.5 Å². The van der Waals surface area contributed by atoms with Crippen LogP contribution in [0.4, 0.5) is 51.2 Å². The van der Waals surface area contributed by atoms with Crippen LogP contribution in [0.15, 0.2) is 188 Å². The van der Waals surface area contributed by atoms with Gasteiger partial charge in [-0.1, -0.05) is 127 Å². The van der Waals surface area contributed by atoms with Gasteiger partial charge in [0, 0.05) is 39.6 Å². The Hall–Kier alpha value is -6.91. The highest BCUT2D eigenvalue weighted by atomic mass is 16.5. The lowest BCUT2D eigenvalue weighted by Crippen LogP contribution is -2.65. The molecule has 6 heteroatoms. The summed E-state index contributed by atoms with van der Waals surface area (Å²) in [5.74, 6) is 1.82. The largest absolute Gasteiger partial charge is 0.456 e. The number of benzene rings is 8. The summed E-state index contributed by atoms with van der Waals surface area (Å²) in [5, 5.41) is 0. The molecule has 0 aliphatic carbocycles. The fourth-order valence-electron chi connectivity index (χ4n) is 9.63. The predicted octanol–water partition coefficient (Wildman–Crippen LogP) is 8.17. The number of nitrogens with zero attached hydrogens (tertiary/aromatic N) is 3. The molecule has 8 aromatic rings. The number of anilines is 9.